The Labute approximate surface area is 114 Å². The molecule has 1 aromatic carbocycles. The fourth-order valence-corrected chi connectivity index (χ4v) is 2.14. The van der Waals surface area contributed by atoms with Gasteiger partial charge in [-0.05, 0) is 56.4 Å². The van der Waals surface area contributed by atoms with Gasteiger partial charge in [0.1, 0.15) is 5.75 Å². The smallest absolute Gasteiger partial charge is 0.303 e. The number of methoxy groups -OCH3 is 1. The van der Waals surface area contributed by atoms with Crippen LogP contribution in [0.2, 0.25) is 0 Å². The molecule has 19 heavy (non-hydrogen) atoms. The fraction of sp³-hybridized carbons (Fsp3) is 0.533. The molecule has 0 heterocycles. The number of carboxylic acid groups (broad SMARTS) is 1. The van der Waals surface area contributed by atoms with Gasteiger partial charge in [-0.15, -0.1) is 0 Å². The first-order valence-corrected chi connectivity index (χ1v) is 6.57. The zero-order chi connectivity index (χ0) is 14.4. The summed E-state index contributed by atoms with van der Waals surface area (Å²) in [6, 6.07) is 2.03. The number of aryl methyl sites for hydroxylation is 1. The third-order valence-corrected chi connectivity index (χ3v) is 3.39. The van der Waals surface area contributed by atoms with Crippen molar-refractivity contribution < 1.29 is 14.6 Å². The molecule has 0 saturated heterocycles. The SMILES string of the molecule is COc1cc(C)c(NCCCCC(=O)O)c(C)c1C. The monoisotopic (exact) mass is 265 g/mol. The summed E-state index contributed by atoms with van der Waals surface area (Å²) in [7, 11) is 1.68. The van der Waals surface area contributed by atoms with E-state index in [2.05, 4.69) is 19.2 Å². The second kappa shape index (κ2) is 7.02. The molecular weight excluding hydrogens is 242 g/mol. The summed E-state index contributed by atoms with van der Waals surface area (Å²) in [5, 5.41) is 12.0. The van der Waals surface area contributed by atoms with Crippen LogP contribution < -0.4 is 10.1 Å². The number of hydrogen-bond acceptors (Lipinski definition) is 3. The van der Waals surface area contributed by atoms with Gasteiger partial charge in [0.25, 0.3) is 0 Å². The lowest BCUT2D eigenvalue weighted by Gasteiger charge is -2.17. The van der Waals surface area contributed by atoms with Crippen LogP contribution in [-0.4, -0.2) is 24.7 Å². The molecule has 0 aromatic heterocycles. The molecule has 0 aliphatic heterocycles. The van der Waals surface area contributed by atoms with E-state index in [0.717, 1.165) is 35.5 Å². The molecule has 0 amide bonds. The molecule has 0 spiro atoms. The lowest BCUT2D eigenvalue weighted by Crippen LogP contribution is -2.07. The normalized spacial score (nSPS) is 10.3. The number of unbranched alkanes of at least 4 members (excludes halogenated alkanes) is 1. The maximum Gasteiger partial charge on any atom is 0.303 e. The fourth-order valence-electron chi connectivity index (χ4n) is 2.14. The lowest BCUT2D eigenvalue weighted by atomic mass is 10.0. The van der Waals surface area contributed by atoms with Crippen molar-refractivity contribution in [3.8, 4) is 5.75 Å². The van der Waals surface area contributed by atoms with Crippen LogP contribution in [0.5, 0.6) is 5.75 Å². The van der Waals surface area contributed by atoms with Crippen LogP contribution in [0.25, 0.3) is 0 Å². The minimum Gasteiger partial charge on any atom is -0.496 e. The molecule has 0 radical (unpaired) electrons. The van der Waals surface area contributed by atoms with Gasteiger partial charge in [0.2, 0.25) is 0 Å². The molecule has 4 heteroatoms. The highest BCUT2D eigenvalue weighted by atomic mass is 16.5. The van der Waals surface area contributed by atoms with Gasteiger partial charge < -0.3 is 15.2 Å². The summed E-state index contributed by atoms with van der Waals surface area (Å²) in [5.41, 5.74) is 4.61. The van der Waals surface area contributed by atoms with Crippen LogP contribution in [0.15, 0.2) is 6.07 Å². The zero-order valence-electron chi connectivity index (χ0n) is 12.2. The van der Waals surface area contributed by atoms with E-state index < -0.39 is 5.97 Å². The molecule has 1 rings (SSSR count). The molecule has 0 atom stereocenters. The van der Waals surface area contributed by atoms with Crippen molar-refractivity contribution in [3.63, 3.8) is 0 Å². The Balaban J connectivity index is 2.64. The van der Waals surface area contributed by atoms with E-state index in [1.807, 2.05) is 13.0 Å². The van der Waals surface area contributed by atoms with E-state index in [-0.39, 0.29) is 6.42 Å². The Hall–Kier alpha value is -1.71. The molecule has 0 bridgehead atoms. The highest BCUT2D eigenvalue weighted by Crippen LogP contribution is 2.31. The van der Waals surface area contributed by atoms with E-state index >= 15 is 0 Å². The molecule has 0 fully saturated rings. The Morgan fingerprint density at radius 3 is 2.53 bits per heavy atom. The second-order valence-electron chi connectivity index (χ2n) is 4.80. The van der Waals surface area contributed by atoms with Gasteiger partial charge in [0.15, 0.2) is 0 Å². The molecule has 0 saturated carbocycles. The van der Waals surface area contributed by atoms with E-state index in [0.29, 0.717) is 6.42 Å². The van der Waals surface area contributed by atoms with Crippen LogP contribution in [0.4, 0.5) is 5.69 Å². The summed E-state index contributed by atoms with van der Waals surface area (Å²) in [5.74, 6) is 0.180. The third kappa shape index (κ3) is 4.16. The number of carbonyl (C=O) groups is 1. The van der Waals surface area contributed by atoms with Gasteiger partial charge in [-0.3, -0.25) is 4.79 Å². The molecule has 0 aliphatic carbocycles. The van der Waals surface area contributed by atoms with Crippen molar-refractivity contribution in [2.24, 2.45) is 0 Å². The van der Waals surface area contributed by atoms with Gasteiger partial charge in [0, 0.05) is 18.7 Å². The van der Waals surface area contributed by atoms with E-state index in [1.165, 1.54) is 5.56 Å². The number of nitrogens with one attached hydrogen (secondary N) is 1. The predicted octanol–water partition coefficient (Wildman–Crippen LogP) is 3.29. The average Bonchev–Trinajstić information content (AvgIpc) is 2.36. The van der Waals surface area contributed by atoms with Gasteiger partial charge in [-0.25, -0.2) is 0 Å². The molecule has 1 aromatic rings. The number of hydrogen-bond donors (Lipinski definition) is 2. The molecule has 2 N–H and O–H groups in total. The number of anilines is 1. The Kier molecular flexibility index (Phi) is 5.67. The van der Waals surface area contributed by atoms with Crippen LogP contribution in [0.3, 0.4) is 0 Å². The van der Waals surface area contributed by atoms with Crippen molar-refractivity contribution in [2.45, 2.75) is 40.0 Å². The largest absolute Gasteiger partial charge is 0.496 e. The van der Waals surface area contributed by atoms with Crippen molar-refractivity contribution in [1.29, 1.82) is 0 Å². The average molecular weight is 265 g/mol. The Bertz CT molecular complexity index is 455. The third-order valence-electron chi connectivity index (χ3n) is 3.39. The lowest BCUT2D eigenvalue weighted by molar-refractivity contribution is -0.137. The van der Waals surface area contributed by atoms with Crippen molar-refractivity contribution in [1.82, 2.24) is 0 Å². The molecule has 0 unspecified atom stereocenters. The first-order chi connectivity index (χ1) is 8.97. The van der Waals surface area contributed by atoms with Gasteiger partial charge in [-0.1, -0.05) is 0 Å². The summed E-state index contributed by atoms with van der Waals surface area (Å²) >= 11 is 0. The van der Waals surface area contributed by atoms with Gasteiger partial charge in [0.05, 0.1) is 7.11 Å². The second-order valence-corrected chi connectivity index (χ2v) is 4.80. The van der Waals surface area contributed by atoms with E-state index in [4.69, 9.17) is 9.84 Å². The Morgan fingerprint density at radius 2 is 1.95 bits per heavy atom. The molecular formula is C15H23NO3. The highest BCUT2D eigenvalue weighted by molar-refractivity contribution is 5.66. The number of rotatable bonds is 7. The minimum atomic E-state index is -0.729. The van der Waals surface area contributed by atoms with Crippen molar-refractivity contribution in [2.75, 3.05) is 19.0 Å². The number of ether oxygens (including phenoxy) is 1. The van der Waals surface area contributed by atoms with Crippen LogP contribution in [0.1, 0.15) is 36.0 Å². The first-order valence-electron chi connectivity index (χ1n) is 6.57. The molecule has 106 valence electrons. The van der Waals surface area contributed by atoms with E-state index in [1.54, 1.807) is 7.11 Å². The molecule has 0 aliphatic rings. The van der Waals surface area contributed by atoms with E-state index in [9.17, 15) is 4.79 Å². The summed E-state index contributed by atoms with van der Waals surface area (Å²) in [6.45, 7) is 6.96. The number of carboxylic acids is 1. The minimum absolute atomic E-state index is 0.237. The summed E-state index contributed by atoms with van der Waals surface area (Å²) < 4.78 is 5.34. The van der Waals surface area contributed by atoms with Crippen LogP contribution in [0, 0.1) is 20.8 Å². The van der Waals surface area contributed by atoms with Crippen molar-refractivity contribution in [3.05, 3.63) is 22.8 Å². The van der Waals surface area contributed by atoms with Crippen molar-refractivity contribution >= 4 is 11.7 Å². The highest BCUT2D eigenvalue weighted by Gasteiger charge is 2.10. The summed E-state index contributed by atoms with van der Waals surface area (Å²) in [6.07, 6.45) is 1.80. The topological polar surface area (TPSA) is 58.6 Å². The number of benzene rings is 1. The molecule has 4 nitrogen and oxygen atoms in total. The number of aliphatic carboxylic acids is 1. The van der Waals surface area contributed by atoms with Gasteiger partial charge in [-0.2, -0.15) is 0 Å². The van der Waals surface area contributed by atoms with Crippen LogP contribution >= 0.6 is 0 Å². The Morgan fingerprint density at radius 1 is 1.26 bits per heavy atom. The zero-order valence-corrected chi connectivity index (χ0v) is 12.2. The quantitative estimate of drug-likeness (QED) is 0.743. The van der Waals surface area contributed by atoms with Crippen LogP contribution in [-0.2, 0) is 4.79 Å². The standard InChI is InChI=1S/C15H23NO3/c1-10-9-13(19-4)11(2)12(3)15(10)16-8-6-5-7-14(17)18/h9,16H,5-8H2,1-4H3,(H,17,18). The maximum absolute atomic E-state index is 10.4. The maximum atomic E-state index is 10.4. The first kappa shape index (κ1) is 15.3. The summed E-state index contributed by atoms with van der Waals surface area (Å²) in [4.78, 5) is 10.4. The van der Waals surface area contributed by atoms with Gasteiger partial charge >= 0.3 is 5.97 Å². The predicted molar refractivity (Wildman–Crippen MR) is 77.2 cm³/mol.